The van der Waals surface area contributed by atoms with Crippen LogP contribution in [0.4, 0.5) is 5.69 Å². The van der Waals surface area contributed by atoms with Gasteiger partial charge in [-0.25, -0.2) is 0 Å². The van der Waals surface area contributed by atoms with E-state index < -0.39 is 0 Å². The van der Waals surface area contributed by atoms with Crippen LogP contribution in [0.1, 0.15) is 5.56 Å². The molecule has 0 saturated carbocycles. The van der Waals surface area contributed by atoms with Crippen molar-refractivity contribution in [2.45, 2.75) is 23.1 Å². The second kappa shape index (κ2) is 5.06. The van der Waals surface area contributed by atoms with Crippen molar-refractivity contribution in [1.29, 1.82) is 0 Å². The number of rotatable bonds is 2. The molecule has 1 aliphatic rings. The van der Waals surface area contributed by atoms with Gasteiger partial charge in [0.05, 0.1) is 10.2 Å². The number of thioether (sulfide) groups is 1. The van der Waals surface area contributed by atoms with Crippen molar-refractivity contribution < 1.29 is 0 Å². The number of anilines is 1. The molecule has 1 atom stereocenters. The van der Waals surface area contributed by atoms with E-state index in [1.807, 2.05) is 22.5 Å². The zero-order valence-electron chi connectivity index (χ0n) is 10.2. The molecule has 1 aliphatic heterocycles. The largest absolute Gasteiger partial charge is 0.394 e. The number of nitrogen functional groups attached to an aromatic ring is 1. The van der Waals surface area contributed by atoms with E-state index in [0.717, 1.165) is 13.0 Å². The lowest BCUT2D eigenvalue weighted by Crippen LogP contribution is -2.17. The Kier molecular flexibility index (Phi) is 3.41. The van der Waals surface area contributed by atoms with Crippen LogP contribution in [0.2, 0.25) is 0 Å². The second-order valence-corrected chi connectivity index (χ2v) is 6.84. The summed E-state index contributed by atoms with van der Waals surface area (Å²) >= 11 is 5.15. The highest BCUT2D eigenvalue weighted by molar-refractivity contribution is 9.10. The van der Waals surface area contributed by atoms with Gasteiger partial charge >= 0.3 is 0 Å². The Hall–Kier alpha value is -1.20. The molecule has 2 N–H and O–H groups in total. The van der Waals surface area contributed by atoms with Crippen LogP contribution >= 0.6 is 27.7 Å². The van der Waals surface area contributed by atoms with Crippen molar-refractivity contribution in [3.8, 4) is 0 Å². The molecule has 1 aromatic heterocycles. The number of pyridine rings is 1. The summed E-state index contributed by atoms with van der Waals surface area (Å²) in [5.41, 5.74) is 7.26. The average molecular weight is 337 g/mol. The van der Waals surface area contributed by atoms with Crippen LogP contribution in [0.3, 0.4) is 0 Å². The lowest BCUT2D eigenvalue weighted by atomic mass is 10.1. The van der Waals surface area contributed by atoms with Crippen LogP contribution in [0.25, 0.3) is 0 Å². The summed E-state index contributed by atoms with van der Waals surface area (Å²) in [4.78, 5) is 12.9. The van der Waals surface area contributed by atoms with Crippen LogP contribution in [0, 0.1) is 0 Å². The second-order valence-electron chi connectivity index (χ2n) is 4.64. The molecular weight excluding hydrogens is 324 g/mol. The topological polar surface area (TPSA) is 48.0 Å². The molecule has 0 spiro atoms. The van der Waals surface area contributed by atoms with E-state index >= 15 is 0 Å². The van der Waals surface area contributed by atoms with Crippen LogP contribution in [-0.2, 0) is 13.0 Å². The lowest BCUT2D eigenvalue weighted by molar-refractivity contribution is 0.658. The Balaban J connectivity index is 1.80. The minimum Gasteiger partial charge on any atom is -0.394 e. The summed E-state index contributed by atoms with van der Waals surface area (Å²) in [6, 6.07) is 8.49. The number of hydrogen-bond acceptors (Lipinski definition) is 3. The van der Waals surface area contributed by atoms with E-state index in [-0.39, 0.29) is 11.1 Å². The van der Waals surface area contributed by atoms with Gasteiger partial charge in [0.15, 0.2) is 0 Å². The molecule has 0 aliphatic carbocycles. The van der Waals surface area contributed by atoms with Crippen molar-refractivity contribution in [3.63, 3.8) is 0 Å². The fourth-order valence-corrected chi connectivity index (χ4v) is 4.13. The highest BCUT2D eigenvalue weighted by Crippen LogP contribution is 2.37. The molecule has 0 bridgehead atoms. The molecule has 98 valence electrons. The van der Waals surface area contributed by atoms with Gasteiger partial charge in [0.1, 0.15) is 0 Å². The molecule has 3 nitrogen and oxygen atoms in total. The van der Waals surface area contributed by atoms with Crippen molar-refractivity contribution in [1.82, 2.24) is 4.57 Å². The SMILES string of the molecule is Nc1cn(CC2Cc3ccccc3S2)cc(Br)c1=O. The summed E-state index contributed by atoms with van der Waals surface area (Å²) in [5, 5.41) is 0.492. The molecule has 19 heavy (non-hydrogen) atoms. The van der Waals surface area contributed by atoms with Gasteiger partial charge in [0.2, 0.25) is 5.43 Å². The van der Waals surface area contributed by atoms with Crippen molar-refractivity contribution >= 4 is 33.4 Å². The fourth-order valence-electron chi connectivity index (χ4n) is 2.31. The van der Waals surface area contributed by atoms with Crippen molar-refractivity contribution in [3.05, 3.63) is 56.9 Å². The highest BCUT2D eigenvalue weighted by Gasteiger charge is 2.22. The van der Waals surface area contributed by atoms with Crippen LogP contribution in [0.15, 0.2) is 50.8 Å². The number of halogens is 1. The van der Waals surface area contributed by atoms with Gasteiger partial charge in [-0.05, 0) is 34.0 Å². The smallest absolute Gasteiger partial charge is 0.218 e. The first-order valence-corrected chi connectivity index (χ1v) is 7.70. The highest BCUT2D eigenvalue weighted by atomic mass is 79.9. The zero-order chi connectivity index (χ0) is 13.4. The molecule has 1 aromatic carbocycles. The molecule has 1 unspecified atom stereocenters. The number of hydrogen-bond donors (Lipinski definition) is 1. The Bertz CT molecular complexity index is 632. The number of aromatic nitrogens is 1. The lowest BCUT2D eigenvalue weighted by Gasteiger charge is -2.12. The van der Waals surface area contributed by atoms with E-state index in [1.165, 1.54) is 10.5 Å². The first kappa shape index (κ1) is 12.8. The molecule has 3 rings (SSSR count). The summed E-state index contributed by atoms with van der Waals surface area (Å²) in [6.07, 6.45) is 4.59. The molecular formula is C14H13BrN2OS. The van der Waals surface area contributed by atoms with Gasteiger partial charge in [0, 0.05) is 29.1 Å². The first-order valence-electron chi connectivity index (χ1n) is 6.03. The first-order chi connectivity index (χ1) is 9.13. The maximum atomic E-state index is 11.5. The number of nitrogens with zero attached hydrogens (tertiary/aromatic N) is 1. The van der Waals surface area contributed by atoms with E-state index in [1.54, 1.807) is 6.20 Å². The standard InChI is InChI=1S/C14H13BrN2OS/c15-11-7-17(8-12(16)14(11)18)6-10-5-9-3-1-2-4-13(9)19-10/h1-4,7-8,10H,5-6,16H2. The summed E-state index contributed by atoms with van der Waals surface area (Å²) in [7, 11) is 0. The van der Waals surface area contributed by atoms with E-state index in [9.17, 15) is 4.79 Å². The molecule has 5 heteroatoms. The van der Waals surface area contributed by atoms with Gasteiger partial charge in [-0.2, -0.15) is 0 Å². The Morgan fingerprint density at radius 3 is 2.89 bits per heavy atom. The van der Waals surface area contributed by atoms with Crippen LogP contribution < -0.4 is 11.2 Å². The average Bonchev–Trinajstić information content (AvgIpc) is 2.78. The van der Waals surface area contributed by atoms with Gasteiger partial charge in [0.25, 0.3) is 0 Å². The van der Waals surface area contributed by atoms with Gasteiger partial charge < -0.3 is 10.3 Å². The normalized spacial score (nSPS) is 17.4. The summed E-state index contributed by atoms with van der Waals surface area (Å²) in [6.45, 7) is 0.850. The van der Waals surface area contributed by atoms with Crippen molar-refractivity contribution in [2.24, 2.45) is 0 Å². The summed E-state index contributed by atoms with van der Waals surface area (Å²) < 4.78 is 2.51. The predicted octanol–water partition coefficient (Wildman–Crippen LogP) is 2.91. The minimum atomic E-state index is -0.140. The molecule has 2 aromatic rings. The van der Waals surface area contributed by atoms with E-state index in [0.29, 0.717) is 9.72 Å². The van der Waals surface area contributed by atoms with Gasteiger partial charge in [-0.15, -0.1) is 11.8 Å². The van der Waals surface area contributed by atoms with E-state index in [4.69, 9.17) is 5.73 Å². The third-order valence-corrected chi connectivity index (χ3v) is 5.06. The number of nitrogens with two attached hydrogens (primary N) is 1. The van der Waals surface area contributed by atoms with Crippen molar-refractivity contribution in [2.75, 3.05) is 5.73 Å². The quantitative estimate of drug-likeness (QED) is 0.917. The van der Waals surface area contributed by atoms with Crippen LogP contribution in [-0.4, -0.2) is 9.82 Å². The third kappa shape index (κ3) is 2.58. The molecule has 0 saturated heterocycles. The fraction of sp³-hybridized carbons (Fsp3) is 0.214. The monoisotopic (exact) mass is 336 g/mol. The summed E-state index contributed by atoms with van der Waals surface area (Å²) in [5.74, 6) is 0. The maximum Gasteiger partial charge on any atom is 0.218 e. The number of benzene rings is 1. The van der Waals surface area contributed by atoms with E-state index in [2.05, 4.69) is 40.2 Å². The molecule has 0 amide bonds. The molecule has 0 fully saturated rings. The molecule has 0 radical (unpaired) electrons. The number of fused-ring (bicyclic) bond motifs is 1. The predicted molar refractivity (Wildman–Crippen MR) is 82.6 cm³/mol. The Morgan fingerprint density at radius 1 is 1.37 bits per heavy atom. The Labute approximate surface area is 123 Å². The maximum absolute atomic E-state index is 11.5. The third-order valence-electron chi connectivity index (χ3n) is 3.19. The minimum absolute atomic E-state index is 0.140. The van der Waals surface area contributed by atoms with Gasteiger partial charge in [-0.1, -0.05) is 18.2 Å². The van der Waals surface area contributed by atoms with Gasteiger partial charge in [-0.3, -0.25) is 4.79 Å². The van der Waals surface area contributed by atoms with Crippen LogP contribution in [0.5, 0.6) is 0 Å². The Morgan fingerprint density at radius 2 is 2.16 bits per heavy atom. The zero-order valence-corrected chi connectivity index (χ0v) is 12.6. The molecule has 2 heterocycles.